The predicted molar refractivity (Wildman–Crippen MR) is 44.2 cm³/mol. The van der Waals surface area contributed by atoms with Gasteiger partial charge in [-0.1, -0.05) is 0 Å². The first-order valence-electron chi connectivity index (χ1n) is 3.72. The van der Waals surface area contributed by atoms with E-state index in [1.54, 1.807) is 11.3 Å². The Morgan fingerprint density at radius 2 is 2.64 bits per heavy atom. The van der Waals surface area contributed by atoms with Gasteiger partial charge in [0.05, 0.1) is 13.2 Å². The summed E-state index contributed by atoms with van der Waals surface area (Å²) in [5, 5.41) is 4.03. The van der Waals surface area contributed by atoms with Crippen molar-refractivity contribution >= 4 is 11.3 Å². The van der Waals surface area contributed by atoms with Crippen molar-refractivity contribution in [2.24, 2.45) is 0 Å². The van der Waals surface area contributed by atoms with Gasteiger partial charge in [0.15, 0.2) is 0 Å². The summed E-state index contributed by atoms with van der Waals surface area (Å²) in [6.07, 6.45) is 1.31. The van der Waals surface area contributed by atoms with Crippen LogP contribution in [0.1, 0.15) is 6.42 Å². The molecular weight excluding hydrogens is 160 g/mol. The Hall–Kier alpha value is -0.540. The van der Waals surface area contributed by atoms with Gasteiger partial charge >= 0.3 is 0 Å². The van der Waals surface area contributed by atoms with Crippen LogP contribution in [0, 0.1) is 0 Å². The molecule has 0 aromatic carbocycles. The highest BCUT2D eigenvalue weighted by molar-refractivity contribution is 7.08. The molecule has 1 aliphatic heterocycles. The molecule has 1 aromatic heterocycles. The summed E-state index contributed by atoms with van der Waals surface area (Å²) < 4.78 is 10.8. The molecule has 3 heteroatoms. The number of rotatable bonds is 2. The summed E-state index contributed by atoms with van der Waals surface area (Å²) >= 11 is 1.66. The van der Waals surface area contributed by atoms with E-state index in [4.69, 9.17) is 9.47 Å². The average Bonchev–Trinajstić information content (AvgIpc) is 2.60. The van der Waals surface area contributed by atoms with Crippen LogP contribution in [0.2, 0.25) is 0 Å². The molecule has 1 fully saturated rings. The lowest BCUT2D eigenvalue weighted by atomic mass is 10.3. The van der Waals surface area contributed by atoms with E-state index < -0.39 is 0 Å². The average molecular weight is 170 g/mol. The van der Waals surface area contributed by atoms with Crippen LogP contribution < -0.4 is 4.74 Å². The molecule has 2 heterocycles. The van der Waals surface area contributed by atoms with Crippen molar-refractivity contribution in [2.45, 2.75) is 12.5 Å². The van der Waals surface area contributed by atoms with Crippen molar-refractivity contribution in [3.8, 4) is 5.75 Å². The van der Waals surface area contributed by atoms with Crippen molar-refractivity contribution in [1.29, 1.82) is 0 Å². The van der Waals surface area contributed by atoms with E-state index in [9.17, 15) is 0 Å². The van der Waals surface area contributed by atoms with Gasteiger partial charge < -0.3 is 9.47 Å². The Bertz CT molecular complexity index is 202. The van der Waals surface area contributed by atoms with Gasteiger partial charge in [-0.3, -0.25) is 0 Å². The molecule has 60 valence electrons. The summed E-state index contributed by atoms with van der Waals surface area (Å²) in [7, 11) is 0. The largest absolute Gasteiger partial charge is 0.487 e. The molecule has 0 bridgehead atoms. The minimum atomic E-state index is 0.282. The van der Waals surface area contributed by atoms with Crippen molar-refractivity contribution in [1.82, 2.24) is 0 Å². The molecule has 0 saturated carbocycles. The second-order valence-electron chi connectivity index (χ2n) is 2.56. The zero-order valence-corrected chi connectivity index (χ0v) is 6.97. The topological polar surface area (TPSA) is 18.5 Å². The molecular formula is C8H10O2S. The van der Waals surface area contributed by atoms with Gasteiger partial charge in [0.2, 0.25) is 0 Å². The smallest absolute Gasteiger partial charge is 0.130 e. The first-order valence-corrected chi connectivity index (χ1v) is 4.66. The maximum atomic E-state index is 5.60. The molecule has 0 unspecified atom stereocenters. The molecule has 2 rings (SSSR count). The molecule has 1 aliphatic rings. The van der Waals surface area contributed by atoms with Gasteiger partial charge in [0.25, 0.3) is 0 Å². The van der Waals surface area contributed by atoms with Crippen molar-refractivity contribution < 1.29 is 9.47 Å². The Morgan fingerprint density at radius 3 is 3.27 bits per heavy atom. The standard InChI is InChI=1S/C8H10O2S/c1-3-9-5-7(1)10-8-2-4-11-6-8/h2,4,6-7H,1,3,5H2/t7-/m0/s1. The summed E-state index contributed by atoms with van der Waals surface area (Å²) in [5.41, 5.74) is 0. The lowest BCUT2D eigenvalue weighted by molar-refractivity contribution is 0.141. The van der Waals surface area contributed by atoms with Gasteiger partial charge in [-0.2, -0.15) is 0 Å². The molecule has 0 amide bonds. The first-order chi connectivity index (χ1) is 5.45. The highest BCUT2D eigenvalue weighted by Gasteiger charge is 2.16. The minimum absolute atomic E-state index is 0.282. The lowest BCUT2D eigenvalue weighted by Crippen LogP contribution is -2.14. The second kappa shape index (κ2) is 3.24. The van der Waals surface area contributed by atoms with E-state index >= 15 is 0 Å². The van der Waals surface area contributed by atoms with E-state index in [2.05, 4.69) is 0 Å². The molecule has 1 atom stereocenters. The fourth-order valence-corrected chi connectivity index (χ4v) is 1.68. The van der Waals surface area contributed by atoms with Gasteiger partial charge in [0.1, 0.15) is 11.9 Å². The Labute approximate surface area is 69.8 Å². The fourth-order valence-electron chi connectivity index (χ4n) is 1.12. The number of hydrogen-bond acceptors (Lipinski definition) is 3. The molecule has 2 nitrogen and oxygen atoms in total. The normalized spacial score (nSPS) is 23.8. The van der Waals surface area contributed by atoms with Crippen LogP contribution in [-0.2, 0) is 4.74 Å². The summed E-state index contributed by atoms with van der Waals surface area (Å²) in [5.74, 6) is 0.977. The number of thiophene rings is 1. The van der Waals surface area contributed by atoms with Gasteiger partial charge in [0, 0.05) is 11.8 Å². The second-order valence-corrected chi connectivity index (χ2v) is 3.34. The molecule has 0 aliphatic carbocycles. The molecule has 0 radical (unpaired) electrons. The third kappa shape index (κ3) is 1.73. The molecule has 1 aromatic rings. The van der Waals surface area contributed by atoms with Crippen molar-refractivity contribution in [3.05, 3.63) is 16.8 Å². The molecule has 11 heavy (non-hydrogen) atoms. The van der Waals surface area contributed by atoms with E-state index in [0.717, 1.165) is 25.4 Å². The van der Waals surface area contributed by atoms with Crippen molar-refractivity contribution in [3.63, 3.8) is 0 Å². The van der Waals surface area contributed by atoms with Crippen LogP contribution in [0.15, 0.2) is 16.8 Å². The van der Waals surface area contributed by atoms with E-state index in [-0.39, 0.29) is 6.10 Å². The van der Waals surface area contributed by atoms with Crippen LogP contribution in [0.25, 0.3) is 0 Å². The van der Waals surface area contributed by atoms with Crippen LogP contribution >= 0.6 is 11.3 Å². The van der Waals surface area contributed by atoms with Gasteiger partial charge in [-0.05, 0) is 11.4 Å². The Morgan fingerprint density at radius 1 is 1.64 bits per heavy atom. The maximum Gasteiger partial charge on any atom is 0.130 e. The lowest BCUT2D eigenvalue weighted by Gasteiger charge is -2.08. The van der Waals surface area contributed by atoms with E-state index in [1.165, 1.54) is 0 Å². The van der Waals surface area contributed by atoms with Crippen LogP contribution in [0.3, 0.4) is 0 Å². The van der Waals surface area contributed by atoms with Crippen LogP contribution in [-0.4, -0.2) is 19.3 Å². The monoisotopic (exact) mass is 170 g/mol. The summed E-state index contributed by atoms with van der Waals surface area (Å²) in [4.78, 5) is 0. The molecule has 1 saturated heterocycles. The van der Waals surface area contributed by atoms with Crippen LogP contribution in [0.4, 0.5) is 0 Å². The number of ether oxygens (including phenoxy) is 2. The summed E-state index contributed by atoms with van der Waals surface area (Å²) in [6, 6.07) is 1.99. The highest BCUT2D eigenvalue weighted by atomic mass is 32.1. The third-order valence-electron chi connectivity index (χ3n) is 1.69. The van der Waals surface area contributed by atoms with Crippen molar-refractivity contribution in [2.75, 3.05) is 13.2 Å². The maximum absolute atomic E-state index is 5.60. The predicted octanol–water partition coefficient (Wildman–Crippen LogP) is 1.92. The number of hydrogen-bond donors (Lipinski definition) is 0. The zero-order chi connectivity index (χ0) is 7.52. The Balaban J connectivity index is 1.90. The highest BCUT2D eigenvalue weighted by Crippen LogP contribution is 2.19. The van der Waals surface area contributed by atoms with Gasteiger partial charge in [-0.25, -0.2) is 0 Å². The van der Waals surface area contributed by atoms with Crippen LogP contribution in [0.5, 0.6) is 5.75 Å². The Kier molecular flexibility index (Phi) is 2.10. The quantitative estimate of drug-likeness (QED) is 0.675. The first kappa shape index (κ1) is 7.13. The SMILES string of the molecule is c1cc(O[C@H]2CCOC2)cs1. The molecule has 0 N–H and O–H groups in total. The third-order valence-corrected chi connectivity index (χ3v) is 2.35. The minimum Gasteiger partial charge on any atom is -0.487 e. The fraction of sp³-hybridized carbons (Fsp3) is 0.500. The summed E-state index contributed by atoms with van der Waals surface area (Å²) in [6.45, 7) is 1.59. The molecule has 0 spiro atoms. The van der Waals surface area contributed by atoms with Gasteiger partial charge in [-0.15, -0.1) is 11.3 Å². The zero-order valence-electron chi connectivity index (χ0n) is 6.16. The van der Waals surface area contributed by atoms with E-state index in [1.807, 2.05) is 16.8 Å². The van der Waals surface area contributed by atoms with E-state index in [0.29, 0.717) is 0 Å².